The maximum absolute atomic E-state index is 13.0. The van der Waals surface area contributed by atoms with Gasteiger partial charge in [0, 0.05) is 19.6 Å². The van der Waals surface area contributed by atoms with Crippen molar-refractivity contribution in [3.63, 3.8) is 0 Å². The fourth-order valence-electron chi connectivity index (χ4n) is 3.72. The van der Waals surface area contributed by atoms with Crippen molar-refractivity contribution in [2.45, 2.75) is 36.1 Å². The summed E-state index contributed by atoms with van der Waals surface area (Å²) in [6.07, 6.45) is 0.628. The van der Waals surface area contributed by atoms with E-state index in [-0.39, 0.29) is 28.3 Å². The zero-order valence-corrected chi connectivity index (χ0v) is 20.4. The number of amides is 1. The molecule has 0 saturated carbocycles. The summed E-state index contributed by atoms with van der Waals surface area (Å²) in [6.45, 7) is 5.65. The van der Waals surface area contributed by atoms with Crippen molar-refractivity contribution in [2.75, 3.05) is 32.7 Å². The smallest absolute Gasteiger partial charge is 0.243 e. The van der Waals surface area contributed by atoms with Crippen LogP contribution in [0, 0.1) is 6.92 Å². The monoisotopic (exact) mass is 494 g/mol. The molecule has 1 amide bonds. The maximum Gasteiger partial charge on any atom is 0.243 e. The lowest BCUT2D eigenvalue weighted by atomic mass is 10.1. The summed E-state index contributed by atoms with van der Waals surface area (Å²) in [4.78, 5) is 14.8. The van der Waals surface area contributed by atoms with Crippen LogP contribution in [0.5, 0.6) is 0 Å². The minimum absolute atomic E-state index is 0.0134. The first kappa shape index (κ1) is 25.3. The van der Waals surface area contributed by atoms with Crippen molar-refractivity contribution in [3.8, 4) is 0 Å². The van der Waals surface area contributed by atoms with Crippen LogP contribution in [0.25, 0.3) is 0 Å². The fourth-order valence-corrected chi connectivity index (χ4v) is 5.71. The lowest BCUT2D eigenvalue weighted by Gasteiger charge is -2.22. The topological polar surface area (TPSA) is 130 Å². The van der Waals surface area contributed by atoms with Gasteiger partial charge < -0.3 is 5.32 Å². The number of hydrogen-bond donors (Lipinski definition) is 2. The first-order chi connectivity index (χ1) is 15.5. The second-order valence-corrected chi connectivity index (χ2v) is 11.7. The van der Waals surface area contributed by atoms with Gasteiger partial charge in [-0.05, 0) is 56.6 Å². The van der Waals surface area contributed by atoms with Gasteiger partial charge in [-0.3, -0.25) is 9.69 Å². The molecule has 1 aliphatic rings. The molecule has 0 radical (unpaired) electrons. The number of nitrogens with one attached hydrogen (secondary N) is 1. The lowest BCUT2D eigenvalue weighted by Crippen LogP contribution is -2.40. The maximum atomic E-state index is 13.0. The molecule has 0 aliphatic carbocycles. The molecule has 2 aromatic carbocycles. The first-order valence-corrected chi connectivity index (χ1v) is 13.7. The van der Waals surface area contributed by atoms with E-state index in [0.717, 1.165) is 11.1 Å². The highest BCUT2D eigenvalue weighted by Gasteiger charge is 2.27. The van der Waals surface area contributed by atoms with E-state index in [4.69, 9.17) is 5.14 Å². The molecule has 1 fully saturated rings. The Morgan fingerprint density at radius 1 is 0.939 bits per heavy atom. The summed E-state index contributed by atoms with van der Waals surface area (Å²) < 4.78 is 50.1. The Morgan fingerprint density at radius 2 is 1.55 bits per heavy atom. The van der Waals surface area contributed by atoms with Gasteiger partial charge in [0.25, 0.3) is 0 Å². The molecule has 33 heavy (non-hydrogen) atoms. The molecule has 0 aromatic heterocycles. The van der Waals surface area contributed by atoms with Gasteiger partial charge in [-0.2, -0.15) is 4.31 Å². The van der Waals surface area contributed by atoms with Crippen LogP contribution >= 0.6 is 0 Å². The summed E-state index contributed by atoms with van der Waals surface area (Å²) in [6, 6.07) is 12.5. The standard InChI is InChI=1S/C22H30N4O5S2/c1-17-4-8-21(9-5-17)33(30,31)26-13-3-12-25(14-15-26)16-22(27)24-18(2)19-6-10-20(11-7-19)32(23,28)29/h4-11,18H,3,12-16H2,1-2H3,(H,24,27)(H2,23,28,29)/t18-/m1/s1. The van der Waals surface area contributed by atoms with E-state index in [1.807, 2.05) is 18.7 Å². The number of sulfonamides is 2. The fraction of sp³-hybridized carbons (Fsp3) is 0.409. The molecule has 2 aromatic rings. The molecule has 0 unspecified atom stereocenters. The van der Waals surface area contributed by atoms with Crippen molar-refractivity contribution < 1.29 is 21.6 Å². The van der Waals surface area contributed by atoms with Gasteiger partial charge in [0.1, 0.15) is 0 Å². The van der Waals surface area contributed by atoms with Crippen LogP contribution in [0.4, 0.5) is 0 Å². The van der Waals surface area contributed by atoms with Crippen LogP contribution in [-0.2, 0) is 24.8 Å². The Hall–Kier alpha value is -2.31. The molecule has 11 heteroatoms. The summed E-state index contributed by atoms with van der Waals surface area (Å²) in [5, 5.41) is 8.01. The van der Waals surface area contributed by atoms with Crippen molar-refractivity contribution in [2.24, 2.45) is 5.14 Å². The molecule has 1 heterocycles. The number of rotatable bonds is 7. The third kappa shape index (κ3) is 6.61. The second kappa shape index (κ2) is 10.3. The number of hydrogen-bond acceptors (Lipinski definition) is 6. The quantitative estimate of drug-likeness (QED) is 0.595. The number of benzene rings is 2. The van der Waals surface area contributed by atoms with Crippen LogP contribution < -0.4 is 10.5 Å². The molecular weight excluding hydrogens is 464 g/mol. The number of primary sulfonamides is 1. The molecule has 0 bridgehead atoms. The van der Waals surface area contributed by atoms with Gasteiger partial charge in [0.15, 0.2) is 0 Å². The van der Waals surface area contributed by atoms with Crippen LogP contribution in [0.3, 0.4) is 0 Å². The van der Waals surface area contributed by atoms with E-state index < -0.39 is 20.0 Å². The first-order valence-electron chi connectivity index (χ1n) is 10.7. The SMILES string of the molecule is Cc1ccc(S(=O)(=O)N2CCCN(CC(=O)N[C@H](C)c3ccc(S(N)(=O)=O)cc3)CC2)cc1. The van der Waals surface area contributed by atoms with Crippen molar-refractivity contribution in [1.29, 1.82) is 0 Å². The lowest BCUT2D eigenvalue weighted by molar-refractivity contribution is -0.122. The Morgan fingerprint density at radius 3 is 2.15 bits per heavy atom. The zero-order chi connectivity index (χ0) is 24.2. The average Bonchev–Trinajstić information content (AvgIpc) is 2.99. The number of carbonyl (C=O) groups excluding carboxylic acids is 1. The van der Waals surface area contributed by atoms with Crippen LogP contribution in [0.1, 0.15) is 30.5 Å². The predicted molar refractivity (Wildman–Crippen MR) is 125 cm³/mol. The highest BCUT2D eigenvalue weighted by Crippen LogP contribution is 2.19. The minimum Gasteiger partial charge on any atom is -0.348 e. The molecule has 0 spiro atoms. The molecular formula is C22H30N4O5S2. The Kier molecular flexibility index (Phi) is 7.91. The van der Waals surface area contributed by atoms with Gasteiger partial charge in [-0.1, -0.05) is 29.8 Å². The van der Waals surface area contributed by atoms with E-state index in [1.54, 1.807) is 36.4 Å². The van der Waals surface area contributed by atoms with E-state index in [2.05, 4.69) is 5.32 Å². The summed E-state index contributed by atoms with van der Waals surface area (Å²) in [5.41, 5.74) is 1.75. The Labute approximate surface area is 195 Å². The van der Waals surface area contributed by atoms with E-state index in [0.29, 0.717) is 32.6 Å². The van der Waals surface area contributed by atoms with E-state index in [1.165, 1.54) is 16.4 Å². The highest BCUT2D eigenvalue weighted by molar-refractivity contribution is 7.89. The molecule has 180 valence electrons. The number of aryl methyl sites for hydroxylation is 1. The molecule has 1 atom stereocenters. The van der Waals surface area contributed by atoms with Gasteiger partial charge in [-0.15, -0.1) is 0 Å². The molecule has 3 rings (SSSR count). The van der Waals surface area contributed by atoms with Crippen molar-refractivity contribution in [3.05, 3.63) is 59.7 Å². The third-order valence-corrected chi connectivity index (χ3v) is 8.50. The van der Waals surface area contributed by atoms with Gasteiger partial charge in [-0.25, -0.2) is 22.0 Å². The van der Waals surface area contributed by atoms with Crippen LogP contribution in [0.2, 0.25) is 0 Å². The predicted octanol–water partition coefficient (Wildman–Crippen LogP) is 1.22. The van der Waals surface area contributed by atoms with Crippen LogP contribution in [0.15, 0.2) is 58.3 Å². The summed E-state index contributed by atoms with van der Waals surface area (Å²) in [5.74, 6) is -0.187. The van der Waals surface area contributed by atoms with Crippen molar-refractivity contribution >= 4 is 26.0 Å². The minimum atomic E-state index is -3.77. The zero-order valence-electron chi connectivity index (χ0n) is 18.8. The number of nitrogens with zero attached hydrogens (tertiary/aromatic N) is 2. The third-order valence-electron chi connectivity index (χ3n) is 5.66. The van der Waals surface area contributed by atoms with Gasteiger partial charge in [0.05, 0.1) is 22.4 Å². The normalized spacial score (nSPS) is 17.3. The summed E-state index contributed by atoms with van der Waals surface area (Å²) in [7, 11) is -7.34. The van der Waals surface area contributed by atoms with Gasteiger partial charge >= 0.3 is 0 Å². The largest absolute Gasteiger partial charge is 0.348 e. The number of carbonyl (C=O) groups is 1. The van der Waals surface area contributed by atoms with Crippen molar-refractivity contribution in [1.82, 2.24) is 14.5 Å². The van der Waals surface area contributed by atoms with E-state index in [9.17, 15) is 21.6 Å². The second-order valence-electron chi connectivity index (χ2n) is 8.25. The molecule has 1 aliphatic heterocycles. The Bertz CT molecular complexity index is 1180. The van der Waals surface area contributed by atoms with E-state index >= 15 is 0 Å². The highest BCUT2D eigenvalue weighted by atomic mass is 32.2. The molecule has 3 N–H and O–H groups in total. The molecule has 1 saturated heterocycles. The van der Waals surface area contributed by atoms with Crippen LogP contribution in [-0.4, -0.2) is 64.7 Å². The summed E-state index contributed by atoms with van der Waals surface area (Å²) >= 11 is 0. The molecule has 9 nitrogen and oxygen atoms in total. The Balaban J connectivity index is 1.55. The number of nitrogens with two attached hydrogens (primary N) is 1. The van der Waals surface area contributed by atoms with Gasteiger partial charge in [0.2, 0.25) is 26.0 Å². The average molecular weight is 495 g/mol.